The molecule has 3 N–H and O–H groups in total. The lowest BCUT2D eigenvalue weighted by atomic mass is 10.2. The highest BCUT2D eigenvalue weighted by Gasteiger charge is 2.09. The van der Waals surface area contributed by atoms with Crippen LogP contribution in [0.5, 0.6) is 5.75 Å². The average molecular weight is 365 g/mol. The van der Waals surface area contributed by atoms with E-state index < -0.39 is 0 Å². The first-order valence-corrected chi connectivity index (χ1v) is 7.33. The number of halogens is 1. The van der Waals surface area contributed by atoms with Crippen LogP contribution in [-0.4, -0.2) is 17.5 Å². The lowest BCUT2D eigenvalue weighted by molar-refractivity contribution is 0.102. The standard InChI is InChI=1S/C15H13BrN2O2S/c16-13-7-2-1-6-12(13)15(19)18-10-4-3-5-11(8-10)20-9-14(17)21/h1-8H,9H2,(H2,17,21)(H,18,19). The molecule has 1 amide bonds. The number of hydrogen-bond acceptors (Lipinski definition) is 3. The highest BCUT2D eigenvalue weighted by molar-refractivity contribution is 9.10. The number of rotatable bonds is 5. The van der Waals surface area contributed by atoms with Crippen LogP contribution in [0.3, 0.4) is 0 Å². The zero-order chi connectivity index (χ0) is 15.2. The van der Waals surface area contributed by atoms with Gasteiger partial charge in [0.2, 0.25) is 0 Å². The van der Waals surface area contributed by atoms with Crippen molar-refractivity contribution >= 4 is 44.7 Å². The van der Waals surface area contributed by atoms with Gasteiger partial charge in [0, 0.05) is 16.2 Å². The molecule has 0 aliphatic heterocycles. The van der Waals surface area contributed by atoms with Crippen molar-refractivity contribution in [3.05, 3.63) is 58.6 Å². The van der Waals surface area contributed by atoms with Gasteiger partial charge < -0.3 is 15.8 Å². The highest BCUT2D eigenvalue weighted by Crippen LogP contribution is 2.20. The summed E-state index contributed by atoms with van der Waals surface area (Å²) in [5.74, 6) is 0.390. The number of benzene rings is 2. The van der Waals surface area contributed by atoms with Crippen LogP contribution in [0.1, 0.15) is 10.4 Å². The normalized spacial score (nSPS) is 9.95. The first-order valence-electron chi connectivity index (χ1n) is 6.13. The molecular weight excluding hydrogens is 352 g/mol. The van der Waals surface area contributed by atoms with Crippen molar-refractivity contribution in [2.45, 2.75) is 0 Å². The number of nitrogens with one attached hydrogen (secondary N) is 1. The van der Waals surface area contributed by atoms with Crippen molar-refractivity contribution in [1.29, 1.82) is 0 Å². The van der Waals surface area contributed by atoms with Crippen molar-refractivity contribution < 1.29 is 9.53 Å². The average Bonchev–Trinajstić information content (AvgIpc) is 2.46. The molecule has 0 saturated heterocycles. The second kappa shape index (κ2) is 7.19. The number of nitrogens with two attached hydrogens (primary N) is 1. The highest BCUT2D eigenvalue weighted by atomic mass is 79.9. The van der Waals surface area contributed by atoms with Crippen molar-refractivity contribution in [1.82, 2.24) is 0 Å². The molecule has 2 aromatic rings. The van der Waals surface area contributed by atoms with Crippen LogP contribution in [0.4, 0.5) is 5.69 Å². The van der Waals surface area contributed by atoms with E-state index in [9.17, 15) is 4.79 Å². The van der Waals surface area contributed by atoms with E-state index >= 15 is 0 Å². The topological polar surface area (TPSA) is 64.3 Å². The van der Waals surface area contributed by atoms with Gasteiger partial charge in [0.25, 0.3) is 5.91 Å². The summed E-state index contributed by atoms with van der Waals surface area (Å²) < 4.78 is 6.13. The molecule has 0 saturated carbocycles. The summed E-state index contributed by atoms with van der Waals surface area (Å²) in [5.41, 5.74) is 6.58. The largest absolute Gasteiger partial charge is 0.486 e. The molecule has 0 fully saturated rings. The lowest BCUT2D eigenvalue weighted by Crippen LogP contribution is -2.18. The summed E-state index contributed by atoms with van der Waals surface area (Å²) in [6, 6.07) is 14.3. The molecule has 2 rings (SSSR count). The SMILES string of the molecule is NC(=S)COc1cccc(NC(=O)c2ccccc2Br)c1. The summed E-state index contributed by atoms with van der Waals surface area (Å²) in [6.07, 6.45) is 0. The fraction of sp³-hybridized carbons (Fsp3) is 0.0667. The van der Waals surface area contributed by atoms with Crippen molar-refractivity contribution in [2.75, 3.05) is 11.9 Å². The van der Waals surface area contributed by atoms with Gasteiger partial charge in [-0.25, -0.2) is 0 Å². The summed E-state index contributed by atoms with van der Waals surface area (Å²) in [4.78, 5) is 12.5. The summed E-state index contributed by atoms with van der Waals surface area (Å²) in [5, 5.41) is 2.81. The zero-order valence-corrected chi connectivity index (χ0v) is 13.4. The van der Waals surface area contributed by atoms with Crippen LogP contribution in [0.2, 0.25) is 0 Å². The van der Waals surface area contributed by atoms with Crippen molar-refractivity contribution in [3.63, 3.8) is 0 Å². The first kappa shape index (κ1) is 15.5. The number of ether oxygens (including phenoxy) is 1. The van der Waals surface area contributed by atoms with Gasteiger partial charge in [-0.1, -0.05) is 30.4 Å². The summed E-state index contributed by atoms with van der Waals surface area (Å²) >= 11 is 8.11. The van der Waals surface area contributed by atoms with Gasteiger partial charge in [0.1, 0.15) is 17.3 Å². The molecule has 0 unspecified atom stereocenters. The van der Waals surface area contributed by atoms with Crippen molar-refractivity contribution in [3.8, 4) is 5.75 Å². The quantitative estimate of drug-likeness (QED) is 0.798. The summed E-state index contributed by atoms with van der Waals surface area (Å²) in [6.45, 7) is 0.164. The Morgan fingerprint density at radius 2 is 2.00 bits per heavy atom. The molecule has 0 heterocycles. The van der Waals surface area contributed by atoms with Gasteiger partial charge in [-0.3, -0.25) is 4.79 Å². The van der Waals surface area contributed by atoms with E-state index in [4.69, 9.17) is 22.7 Å². The molecule has 4 nitrogen and oxygen atoms in total. The van der Waals surface area contributed by atoms with E-state index in [1.54, 1.807) is 36.4 Å². The van der Waals surface area contributed by atoms with E-state index in [2.05, 4.69) is 21.2 Å². The van der Waals surface area contributed by atoms with Gasteiger partial charge in [-0.05, 0) is 40.2 Å². The Balaban J connectivity index is 2.09. The van der Waals surface area contributed by atoms with Gasteiger partial charge >= 0.3 is 0 Å². The fourth-order valence-electron chi connectivity index (χ4n) is 1.66. The zero-order valence-electron chi connectivity index (χ0n) is 11.0. The molecule has 0 radical (unpaired) electrons. The maximum atomic E-state index is 12.2. The number of anilines is 1. The third kappa shape index (κ3) is 4.54. The number of carbonyl (C=O) groups excluding carboxylic acids is 1. The Bertz CT molecular complexity index is 676. The molecule has 0 atom stereocenters. The molecule has 0 aliphatic rings. The minimum Gasteiger partial charge on any atom is -0.486 e. The second-order valence-corrected chi connectivity index (χ2v) is 5.60. The molecule has 2 aromatic carbocycles. The monoisotopic (exact) mass is 364 g/mol. The van der Waals surface area contributed by atoms with Crippen LogP contribution in [-0.2, 0) is 0 Å². The minimum absolute atomic E-state index is 0.164. The van der Waals surface area contributed by atoms with Crippen LogP contribution in [0.15, 0.2) is 53.0 Å². The van der Waals surface area contributed by atoms with E-state index in [1.165, 1.54) is 0 Å². The molecule has 0 aliphatic carbocycles. The van der Waals surface area contributed by atoms with Crippen LogP contribution < -0.4 is 15.8 Å². The molecule has 0 spiro atoms. The van der Waals surface area contributed by atoms with Crippen LogP contribution in [0, 0.1) is 0 Å². The molecule has 21 heavy (non-hydrogen) atoms. The molecule has 0 bridgehead atoms. The van der Waals surface area contributed by atoms with Gasteiger partial charge in [-0.15, -0.1) is 0 Å². The molecule has 108 valence electrons. The van der Waals surface area contributed by atoms with Crippen LogP contribution in [0.25, 0.3) is 0 Å². The Morgan fingerprint density at radius 1 is 1.24 bits per heavy atom. The second-order valence-electron chi connectivity index (χ2n) is 4.22. The Kier molecular flexibility index (Phi) is 5.30. The Hall–Kier alpha value is -1.92. The van der Waals surface area contributed by atoms with Gasteiger partial charge in [0.15, 0.2) is 0 Å². The predicted octanol–water partition coefficient (Wildman–Crippen LogP) is 3.37. The van der Waals surface area contributed by atoms with Gasteiger partial charge in [0.05, 0.1) is 5.56 Å². The minimum atomic E-state index is -0.200. The van der Waals surface area contributed by atoms with E-state index in [1.807, 2.05) is 12.1 Å². The van der Waals surface area contributed by atoms with Crippen molar-refractivity contribution in [2.24, 2.45) is 5.73 Å². The number of amides is 1. The van der Waals surface area contributed by atoms with E-state index in [0.29, 0.717) is 17.0 Å². The fourth-order valence-corrected chi connectivity index (χ4v) is 2.19. The smallest absolute Gasteiger partial charge is 0.256 e. The Morgan fingerprint density at radius 3 is 2.71 bits per heavy atom. The molecule has 6 heteroatoms. The van der Waals surface area contributed by atoms with E-state index in [-0.39, 0.29) is 17.5 Å². The maximum absolute atomic E-state index is 12.2. The predicted molar refractivity (Wildman–Crippen MR) is 90.8 cm³/mol. The number of carbonyl (C=O) groups is 1. The lowest BCUT2D eigenvalue weighted by Gasteiger charge is -2.09. The molecule has 0 aromatic heterocycles. The van der Waals surface area contributed by atoms with Gasteiger partial charge in [-0.2, -0.15) is 0 Å². The number of thiocarbonyl (C=S) groups is 1. The Labute approximate surface area is 136 Å². The number of hydrogen-bond donors (Lipinski definition) is 2. The van der Waals surface area contributed by atoms with E-state index in [0.717, 1.165) is 4.47 Å². The molecular formula is C15H13BrN2O2S. The van der Waals surface area contributed by atoms with Crippen LogP contribution >= 0.6 is 28.1 Å². The third-order valence-corrected chi connectivity index (χ3v) is 3.40. The third-order valence-electron chi connectivity index (χ3n) is 2.59. The first-order chi connectivity index (χ1) is 10.1. The summed E-state index contributed by atoms with van der Waals surface area (Å²) in [7, 11) is 0. The maximum Gasteiger partial charge on any atom is 0.256 e.